The summed E-state index contributed by atoms with van der Waals surface area (Å²) in [7, 11) is -6.42. The summed E-state index contributed by atoms with van der Waals surface area (Å²) in [5, 5.41) is 0. The van der Waals surface area contributed by atoms with Gasteiger partial charge in [0, 0.05) is 22.3 Å². The molecule has 0 aromatic rings. The molecule has 1 aliphatic heterocycles. The molecular formula is C7H11F3O4S2. The summed E-state index contributed by atoms with van der Waals surface area (Å²) < 4.78 is 71.6. The highest BCUT2D eigenvalue weighted by atomic mass is 32.2. The highest BCUT2D eigenvalue weighted by molar-refractivity contribution is 7.87. The minimum Gasteiger partial charge on any atom is -0.263 e. The van der Waals surface area contributed by atoms with Crippen LogP contribution in [0.25, 0.3) is 0 Å². The van der Waals surface area contributed by atoms with Gasteiger partial charge in [0.05, 0.1) is 6.61 Å². The van der Waals surface area contributed by atoms with Crippen LogP contribution in [-0.2, 0) is 25.1 Å². The Kier molecular flexibility index (Phi) is 4.35. The topological polar surface area (TPSA) is 60.4 Å². The molecule has 0 aromatic heterocycles. The second-order valence-electron chi connectivity index (χ2n) is 3.48. The summed E-state index contributed by atoms with van der Waals surface area (Å²) in [4.78, 5) is 0. The van der Waals surface area contributed by atoms with Crippen LogP contribution in [0.2, 0.25) is 0 Å². The van der Waals surface area contributed by atoms with E-state index in [9.17, 15) is 25.8 Å². The van der Waals surface area contributed by atoms with Gasteiger partial charge in [-0.1, -0.05) is 0 Å². The molecule has 0 radical (unpaired) electrons. The lowest BCUT2D eigenvalue weighted by Crippen LogP contribution is -2.29. The maximum absolute atomic E-state index is 11.9. The molecule has 0 aliphatic carbocycles. The van der Waals surface area contributed by atoms with Crippen LogP contribution < -0.4 is 0 Å². The highest BCUT2D eigenvalue weighted by Gasteiger charge is 2.47. The van der Waals surface area contributed by atoms with Crippen molar-refractivity contribution in [1.82, 2.24) is 0 Å². The second kappa shape index (κ2) is 5.01. The van der Waals surface area contributed by atoms with Gasteiger partial charge in [-0.05, 0) is 18.8 Å². The SMILES string of the molecule is O=S1CCC(COS(=O)(=O)C(F)(F)F)CC1. The summed E-state index contributed by atoms with van der Waals surface area (Å²) in [5.74, 6) is 0.509. The Morgan fingerprint density at radius 3 is 2.19 bits per heavy atom. The van der Waals surface area contributed by atoms with E-state index in [0.717, 1.165) is 0 Å². The molecule has 0 spiro atoms. The summed E-state index contributed by atoms with van der Waals surface area (Å²) >= 11 is 0. The zero-order valence-corrected chi connectivity index (χ0v) is 9.83. The van der Waals surface area contributed by atoms with E-state index in [-0.39, 0.29) is 5.92 Å². The maximum Gasteiger partial charge on any atom is 0.523 e. The number of hydrogen-bond donors (Lipinski definition) is 0. The second-order valence-corrected chi connectivity index (χ2v) is 6.78. The lowest BCUT2D eigenvalue weighted by atomic mass is 10.1. The fourth-order valence-electron chi connectivity index (χ4n) is 1.26. The standard InChI is InChI=1S/C7H11F3O4S2/c8-7(9,10)16(12,13)14-5-6-1-3-15(11)4-2-6/h6H,1-5H2. The van der Waals surface area contributed by atoms with Crippen LogP contribution in [-0.4, -0.2) is 36.2 Å². The van der Waals surface area contributed by atoms with Gasteiger partial charge >= 0.3 is 15.6 Å². The summed E-state index contributed by atoms with van der Waals surface area (Å²) in [5.41, 5.74) is -5.37. The third-order valence-electron chi connectivity index (χ3n) is 2.25. The van der Waals surface area contributed by atoms with Gasteiger partial charge in [0.25, 0.3) is 0 Å². The molecule has 0 unspecified atom stereocenters. The molecule has 1 fully saturated rings. The molecule has 1 heterocycles. The van der Waals surface area contributed by atoms with Crippen molar-refractivity contribution in [3.63, 3.8) is 0 Å². The zero-order chi connectivity index (χ0) is 12.4. The predicted octanol–water partition coefficient (Wildman–Crippen LogP) is 1.01. The molecule has 1 rings (SSSR count). The zero-order valence-electron chi connectivity index (χ0n) is 8.20. The van der Waals surface area contributed by atoms with Crippen molar-refractivity contribution in [2.45, 2.75) is 18.3 Å². The third kappa shape index (κ3) is 3.70. The van der Waals surface area contributed by atoms with E-state index in [0.29, 0.717) is 24.3 Å². The lowest BCUT2D eigenvalue weighted by Gasteiger charge is -2.20. The van der Waals surface area contributed by atoms with E-state index < -0.39 is 33.0 Å². The molecule has 0 N–H and O–H groups in total. The number of hydrogen-bond acceptors (Lipinski definition) is 4. The van der Waals surface area contributed by atoms with Gasteiger partial charge in [-0.15, -0.1) is 0 Å². The molecule has 9 heteroatoms. The maximum atomic E-state index is 11.9. The first-order valence-electron chi connectivity index (χ1n) is 4.53. The van der Waals surface area contributed by atoms with E-state index in [1.54, 1.807) is 0 Å². The molecule has 96 valence electrons. The van der Waals surface area contributed by atoms with E-state index in [1.807, 2.05) is 0 Å². The summed E-state index contributed by atoms with van der Waals surface area (Å²) in [6, 6.07) is 0. The first-order valence-corrected chi connectivity index (χ1v) is 7.42. The molecule has 0 atom stereocenters. The fourth-order valence-corrected chi connectivity index (χ4v) is 3.16. The Morgan fingerprint density at radius 2 is 1.75 bits per heavy atom. The average Bonchev–Trinajstić information content (AvgIpc) is 2.15. The Morgan fingerprint density at radius 1 is 1.25 bits per heavy atom. The first-order chi connectivity index (χ1) is 7.22. The number of alkyl halides is 3. The number of halogens is 3. The van der Waals surface area contributed by atoms with Crippen molar-refractivity contribution in [3.05, 3.63) is 0 Å². The van der Waals surface area contributed by atoms with Crippen LogP contribution in [0, 0.1) is 5.92 Å². The van der Waals surface area contributed by atoms with Crippen molar-refractivity contribution in [2.75, 3.05) is 18.1 Å². The van der Waals surface area contributed by atoms with E-state index in [1.165, 1.54) is 0 Å². The van der Waals surface area contributed by atoms with Gasteiger partial charge in [0.15, 0.2) is 0 Å². The van der Waals surface area contributed by atoms with E-state index >= 15 is 0 Å². The molecule has 1 saturated heterocycles. The quantitative estimate of drug-likeness (QED) is 0.572. The minimum absolute atomic E-state index is 0.269. The van der Waals surface area contributed by atoms with Gasteiger partial charge in [-0.2, -0.15) is 21.6 Å². The highest BCUT2D eigenvalue weighted by Crippen LogP contribution is 2.26. The van der Waals surface area contributed by atoms with Crippen LogP contribution in [0.3, 0.4) is 0 Å². The molecule has 0 aromatic carbocycles. The third-order valence-corrected chi connectivity index (χ3v) is 4.65. The van der Waals surface area contributed by atoms with Crippen molar-refractivity contribution in [2.24, 2.45) is 5.92 Å². The normalized spacial score (nSPS) is 27.9. The molecule has 0 bridgehead atoms. The summed E-state index contributed by atoms with van der Waals surface area (Å²) in [6.45, 7) is -0.487. The van der Waals surface area contributed by atoms with Crippen molar-refractivity contribution in [3.8, 4) is 0 Å². The Hall–Kier alpha value is -0.150. The molecule has 4 nitrogen and oxygen atoms in total. The number of rotatable bonds is 3. The van der Waals surface area contributed by atoms with Gasteiger partial charge in [0.1, 0.15) is 0 Å². The minimum atomic E-state index is -5.49. The Balaban J connectivity index is 2.44. The molecule has 16 heavy (non-hydrogen) atoms. The predicted molar refractivity (Wildman–Crippen MR) is 51.5 cm³/mol. The van der Waals surface area contributed by atoms with Gasteiger partial charge in [0.2, 0.25) is 0 Å². The molecule has 0 amide bonds. The van der Waals surface area contributed by atoms with Crippen LogP contribution in [0.5, 0.6) is 0 Å². The van der Waals surface area contributed by atoms with Crippen molar-refractivity contribution >= 4 is 20.9 Å². The van der Waals surface area contributed by atoms with Gasteiger partial charge in [-0.3, -0.25) is 8.39 Å². The first kappa shape index (κ1) is 13.9. The summed E-state index contributed by atoms with van der Waals surface area (Å²) in [6.07, 6.45) is 0.861. The van der Waals surface area contributed by atoms with Crippen molar-refractivity contribution in [1.29, 1.82) is 0 Å². The van der Waals surface area contributed by atoms with E-state index in [2.05, 4.69) is 4.18 Å². The molecular weight excluding hydrogens is 269 g/mol. The van der Waals surface area contributed by atoms with Gasteiger partial charge in [-0.25, -0.2) is 0 Å². The largest absolute Gasteiger partial charge is 0.523 e. The molecule has 1 aliphatic rings. The Bertz CT molecular complexity index is 352. The van der Waals surface area contributed by atoms with Crippen molar-refractivity contribution < 1.29 is 30.0 Å². The molecule has 0 saturated carbocycles. The van der Waals surface area contributed by atoms with Crippen LogP contribution >= 0.6 is 0 Å². The fraction of sp³-hybridized carbons (Fsp3) is 1.00. The van der Waals surface area contributed by atoms with E-state index in [4.69, 9.17) is 0 Å². The average molecular weight is 280 g/mol. The lowest BCUT2D eigenvalue weighted by molar-refractivity contribution is -0.0551. The smallest absolute Gasteiger partial charge is 0.263 e. The monoisotopic (exact) mass is 280 g/mol. The van der Waals surface area contributed by atoms with Gasteiger partial charge < -0.3 is 0 Å². The van der Waals surface area contributed by atoms with Crippen LogP contribution in [0.1, 0.15) is 12.8 Å². The Labute approximate surface area is 93.7 Å². The van der Waals surface area contributed by atoms with Crippen LogP contribution in [0.4, 0.5) is 13.2 Å². The van der Waals surface area contributed by atoms with Crippen LogP contribution in [0.15, 0.2) is 0 Å².